The van der Waals surface area contributed by atoms with Crippen molar-refractivity contribution < 1.29 is 18.7 Å². The molecule has 0 unspecified atom stereocenters. The number of H-pyrrole nitrogens is 1. The van der Waals surface area contributed by atoms with Crippen LogP contribution in [-0.4, -0.2) is 28.0 Å². The van der Waals surface area contributed by atoms with Gasteiger partial charge in [-0.15, -0.1) is 5.10 Å². The molecule has 3 aromatic rings. The summed E-state index contributed by atoms with van der Waals surface area (Å²) in [6, 6.07) is 11.8. The molecule has 0 atom stereocenters. The summed E-state index contributed by atoms with van der Waals surface area (Å²) in [6.07, 6.45) is 0. The normalized spacial score (nSPS) is 10.6. The maximum atomic E-state index is 13.9. The van der Waals surface area contributed by atoms with Gasteiger partial charge in [0.2, 0.25) is 0 Å². The number of esters is 1. The summed E-state index contributed by atoms with van der Waals surface area (Å²) >= 11 is 3.22. The largest absolute Gasteiger partial charge is 0.489 e. The molecule has 0 aliphatic heterocycles. The van der Waals surface area contributed by atoms with Gasteiger partial charge >= 0.3 is 5.97 Å². The lowest BCUT2D eigenvalue weighted by atomic mass is 10.1. The monoisotopic (exact) mass is 419 g/mol. The van der Waals surface area contributed by atoms with Crippen molar-refractivity contribution in [3.05, 3.63) is 64.0 Å². The topological polar surface area (TPSA) is 77.1 Å². The van der Waals surface area contributed by atoms with Gasteiger partial charge in [-0.1, -0.05) is 34.1 Å². The summed E-state index contributed by atoms with van der Waals surface area (Å²) < 4.78 is 25.2. The molecule has 0 spiro atoms. The van der Waals surface area contributed by atoms with Gasteiger partial charge in [-0.3, -0.25) is 0 Å². The Morgan fingerprint density at radius 3 is 2.85 bits per heavy atom. The highest BCUT2D eigenvalue weighted by Gasteiger charge is 2.19. The fraction of sp³-hybridized carbons (Fsp3) is 0.167. The Morgan fingerprint density at radius 1 is 1.23 bits per heavy atom. The van der Waals surface area contributed by atoms with Crippen LogP contribution >= 0.6 is 15.9 Å². The Kier molecular flexibility index (Phi) is 5.62. The van der Waals surface area contributed by atoms with Crippen LogP contribution in [0.5, 0.6) is 5.75 Å². The summed E-state index contributed by atoms with van der Waals surface area (Å²) in [6.45, 7) is 2.03. The molecule has 0 radical (unpaired) electrons. The van der Waals surface area contributed by atoms with Crippen molar-refractivity contribution in [2.75, 3.05) is 6.61 Å². The SMILES string of the molecule is CCOC(=O)c1n[nH]nc1-c1cccc(OCc2ccc(Br)cc2F)c1. The number of hydrogen-bond donors (Lipinski definition) is 1. The molecule has 0 amide bonds. The van der Waals surface area contributed by atoms with Crippen LogP contribution in [0.1, 0.15) is 23.0 Å². The first-order valence-electron chi connectivity index (χ1n) is 7.83. The van der Waals surface area contributed by atoms with Gasteiger partial charge in [0.25, 0.3) is 0 Å². The second kappa shape index (κ2) is 8.09. The molecule has 6 nitrogen and oxygen atoms in total. The van der Waals surface area contributed by atoms with E-state index in [0.29, 0.717) is 27.0 Å². The van der Waals surface area contributed by atoms with Crippen molar-refractivity contribution in [1.29, 1.82) is 0 Å². The molecule has 1 N–H and O–H groups in total. The van der Waals surface area contributed by atoms with Crippen LogP contribution in [0.2, 0.25) is 0 Å². The van der Waals surface area contributed by atoms with E-state index in [0.717, 1.165) is 0 Å². The van der Waals surface area contributed by atoms with Crippen LogP contribution in [0.4, 0.5) is 4.39 Å². The lowest BCUT2D eigenvalue weighted by molar-refractivity contribution is 0.0520. The molecule has 0 bridgehead atoms. The molecule has 0 aliphatic rings. The van der Waals surface area contributed by atoms with Crippen molar-refractivity contribution in [2.24, 2.45) is 0 Å². The third kappa shape index (κ3) is 4.08. The van der Waals surface area contributed by atoms with Gasteiger partial charge in [0, 0.05) is 15.6 Å². The molecule has 26 heavy (non-hydrogen) atoms. The fourth-order valence-corrected chi connectivity index (χ4v) is 2.64. The molecule has 0 aliphatic carbocycles. The van der Waals surface area contributed by atoms with Gasteiger partial charge in [0.1, 0.15) is 23.9 Å². The minimum absolute atomic E-state index is 0.0755. The average Bonchev–Trinajstić information content (AvgIpc) is 3.11. The van der Waals surface area contributed by atoms with Crippen LogP contribution in [0, 0.1) is 5.82 Å². The molecule has 1 heterocycles. The Balaban J connectivity index is 1.79. The standard InChI is InChI=1S/C18H15BrFN3O3/c1-2-25-18(24)17-16(21-23-22-17)11-4-3-5-14(8-11)26-10-12-6-7-13(19)9-15(12)20/h3-9H,2,10H2,1H3,(H,21,22,23). The number of rotatable bonds is 6. The van der Waals surface area contributed by atoms with Crippen molar-refractivity contribution in [3.8, 4) is 17.0 Å². The predicted octanol–water partition coefficient (Wildman–Crippen LogP) is 4.13. The van der Waals surface area contributed by atoms with Crippen LogP contribution in [0.15, 0.2) is 46.9 Å². The minimum atomic E-state index is -0.556. The molecule has 8 heteroatoms. The quantitative estimate of drug-likeness (QED) is 0.607. The van der Waals surface area contributed by atoms with Gasteiger partial charge in [0.05, 0.1) is 6.61 Å². The first-order chi connectivity index (χ1) is 12.6. The van der Waals surface area contributed by atoms with Crippen molar-refractivity contribution in [2.45, 2.75) is 13.5 Å². The average molecular weight is 420 g/mol. The number of aromatic amines is 1. The first kappa shape index (κ1) is 18.1. The molecule has 0 fully saturated rings. The van der Waals surface area contributed by atoms with E-state index in [1.54, 1.807) is 43.3 Å². The van der Waals surface area contributed by atoms with E-state index < -0.39 is 5.97 Å². The maximum absolute atomic E-state index is 13.9. The summed E-state index contributed by atoms with van der Waals surface area (Å²) in [7, 11) is 0. The third-order valence-corrected chi connectivity index (χ3v) is 4.03. The third-order valence-electron chi connectivity index (χ3n) is 3.53. The molecule has 2 aromatic carbocycles. The number of carbonyl (C=O) groups excluding carboxylic acids is 1. The molecule has 0 saturated heterocycles. The number of carbonyl (C=O) groups is 1. The van der Waals surface area contributed by atoms with E-state index in [2.05, 4.69) is 31.3 Å². The van der Waals surface area contributed by atoms with E-state index in [9.17, 15) is 9.18 Å². The van der Waals surface area contributed by atoms with Crippen molar-refractivity contribution >= 4 is 21.9 Å². The highest BCUT2D eigenvalue weighted by molar-refractivity contribution is 9.10. The van der Waals surface area contributed by atoms with Gasteiger partial charge in [-0.25, -0.2) is 9.18 Å². The zero-order chi connectivity index (χ0) is 18.5. The molecule has 1 aromatic heterocycles. The molecule has 134 valence electrons. The molecular weight excluding hydrogens is 405 g/mol. The number of nitrogens with zero attached hydrogens (tertiary/aromatic N) is 2. The summed E-state index contributed by atoms with van der Waals surface area (Å²) in [4.78, 5) is 11.9. The lowest BCUT2D eigenvalue weighted by Crippen LogP contribution is -2.06. The second-order valence-corrected chi connectivity index (χ2v) is 6.21. The van der Waals surface area contributed by atoms with E-state index in [4.69, 9.17) is 9.47 Å². The minimum Gasteiger partial charge on any atom is -0.489 e. The Bertz CT molecular complexity index is 930. The Labute approximate surface area is 157 Å². The van der Waals surface area contributed by atoms with Gasteiger partial charge in [-0.2, -0.15) is 10.3 Å². The van der Waals surface area contributed by atoms with Crippen LogP contribution < -0.4 is 4.74 Å². The van der Waals surface area contributed by atoms with E-state index in [1.807, 2.05) is 0 Å². The van der Waals surface area contributed by atoms with Gasteiger partial charge < -0.3 is 9.47 Å². The van der Waals surface area contributed by atoms with Crippen LogP contribution in [-0.2, 0) is 11.3 Å². The van der Waals surface area contributed by atoms with Gasteiger partial charge in [-0.05, 0) is 31.2 Å². The lowest BCUT2D eigenvalue weighted by Gasteiger charge is -2.09. The number of nitrogens with one attached hydrogen (secondary N) is 1. The van der Waals surface area contributed by atoms with Gasteiger partial charge in [0.15, 0.2) is 5.69 Å². The number of hydrogen-bond acceptors (Lipinski definition) is 5. The Hall–Kier alpha value is -2.74. The summed E-state index contributed by atoms with van der Waals surface area (Å²) in [5, 5.41) is 10.3. The summed E-state index contributed by atoms with van der Waals surface area (Å²) in [5.74, 6) is -0.390. The number of benzene rings is 2. The Morgan fingerprint density at radius 2 is 2.08 bits per heavy atom. The number of aromatic nitrogens is 3. The first-order valence-corrected chi connectivity index (χ1v) is 8.63. The van der Waals surface area contributed by atoms with Crippen molar-refractivity contribution in [3.63, 3.8) is 0 Å². The number of halogens is 2. The molecular formula is C18H15BrFN3O3. The zero-order valence-electron chi connectivity index (χ0n) is 13.8. The van der Waals surface area contributed by atoms with Crippen molar-refractivity contribution in [1.82, 2.24) is 15.4 Å². The van der Waals surface area contributed by atoms with Crippen LogP contribution in [0.25, 0.3) is 11.3 Å². The maximum Gasteiger partial charge on any atom is 0.361 e. The number of ether oxygens (including phenoxy) is 2. The predicted molar refractivity (Wildman–Crippen MR) is 96.2 cm³/mol. The van der Waals surface area contributed by atoms with Crippen LogP contribution in [0.3, 0.4) is 0 Å². The van der Waals surface area contributed by atoms with E-state index >= 15 is 0 Å². The second-order valence-electron chi connectivity index (χ2n) is 5.29. The smallest absolute Gasteiger partial charge is 0.361 e. The molecule has 0 saturated carbocycles. The zero-order valence-corrected chi connectivity index (χ0v) is 15.4. The highest BCUT2D eigenvalue weighted by atomic mass is 79.9. The van der Waals surface area contributed by atoms with E-state index in [-0.39, 0.29) is 24.7 Å². The van der Waals surface area contributed by atoms with E-state index in [1.165, 1.54) is 6.07 Å². The summed E-state index contributed by atoms with van der Waals surface area (Å²) in [5.41, 5.74) is 1.54. The molecule has 3 rings (SSSR count). The highest BCUT2D eigenvalue weighted by Crippen LogP contribution is 2.25. The fourth-order valence-electron chi connectivity index (χ4n) is 2.31.